The molecule has 6 aromatic carbocycles. The van der Waals surface area contributed by atoms with Gasteiger partial charge in [-0.25, -0.2) is 9.67 Å². The number of ether oxygens (including phenoxy) is 1. The van der Waals surface area contributed by atoms with Gasteiger partial charge in [0.15, 0.2) is 0 Å². The van der Waals surface area contributed by atoms with Crippen LogP contribution in [0.4, 0.5) is 0 Å². The Kier molecular flexibility index (Phi) is 6.20. The largest absolute Gasteiger partial charge is 0.457 e. The minimum Gasteiger partial charge on any atom is -0.457 e. The van der Waals surface area contributed by atoms with Gasteiger partial charge in [0.25, 0.3) is 0 Å². The number of aryl methyl sites for hydroxylation is 2. The summed E-state index contributed by atoms with van der Waals surface area (Å²) in [5.74, 6) is 2.32. The van der Waals surface area contributed by atoms with Crippen molar-refractivity contribution in [2.45, 2.75) is 13.8 Å². The lowest BCUT2D eigenvalue weighted by Gasteiger charge is -2.14. The summed E-state index contributed by atoms with van der Waals surface area (Å²) in [5, 5.41) is 10.6. The molecule has 0 N–H and O–H groups in total. The summed E-state index contributed by atoms with van der Waals surface area (Å²) in [6, 6.07) is 48.6. The molecule has 10 aromatic rings. The van der Waals surface area contributed by atoms with E-state index in [4.69, 9.17) is 9.72 Å². The maximum atomic E-state index is 6.55. The molecular weight excluding hydrogens is 615 g/mol. The molecule has 0 saturated carbocycles. The van der Waals surface area contributed by atoms with E-state index in [-0.39, 0.29) is 0 Å². The number of pyridine rings is 1. The van der Waals surface area contributed by atoms with Crippen molar-refractivity contribution in [1.29, 1.82) is 0 Å². The first-order valence-corrected chi connectivity index (χ1v) is 16.8. The fourth-order valence-electron chi connectivity index (χ4n) is 7.64. The summed E-state index contributed by atoms with van der Waals surface area (Å²) in [4.78, 5) is 4.97. The van der Waals surface area contributed by atoms with Crippen LogP contribution in [0.2, 0.25) is 0 Å². The van der Waals surface area contributed by atoms with Crippen LogP contribution in [0, 0.1) is 13.8 Å². The molecule has 0 aliphatic heterocycles. The van der Waals surface area contributed by atoms with Gasteiger partial charge >= 0.3 is 0 Å². The molecule has 0 radical (unpaired) electrons. The average Bonchev–Trinajstić information content (AvgIpc) is 3.83. The highest BCUT2D eigenvalue weighted by atomic mass is 16.5. The average molecular weight is 646 g/mol. The lowest BCUT2D eigenvalue weighted by molar-refractivity contribution is 0.483. The second kappa shape index (κ2) is 10.9. The Morgan fingerprint density at radius 2 is 1.18 bits per heavy atom. The smallest absolute Gasteiger partial charge is 0.139 e. The number of para-hydroxylation sites is 4. The molecule has 4 heterocycles. The van der Waals surface area contributed by atoms with Gasteiger partial charge in [0.05, 0.1) is 45.2 Å². The van der Waals surface area contributed by atoms with Crippen LogP contribution >= 0.6 is 0 Å². The maximum absolute atomic E-state index is 6.55. The van der Waals surface area contributed by atoms with Gasteiger partial charge in [-0.05, 0) is 67.4 Å². The van der Waals surface area contributed by atoms with Gasteiger partial charge in [-0.15, -0.1) is 0 Å². The number of benzene rings is 6. The highest BCUT2D eigenvalue weighted by Gasteiger charge is 2.18. The Morgan fingerprint density at radius 1 is 0.500 bits per heavy atom. The van der Waals surface area contributed by atoms with Crippen molar-refractivity contribution in [1.82, 2.24) is 23.9 Å². The second-order valence-corrected chi connectivity index (χ2v) is 12.9. The summed E-state index contributed by atoms with van der Waals surface area (Å²) < 4.78 is 13.1. The summed E-state index contributed by atoms with van der Waals surface area (Å²) >= 11 is 0. The molecule has 0 fully saturated rings. The van der Waals surface area contributed by atoms with Crippen molar-refractivity contribution >= 4 is 54.5 Å². The van der Waals surface area contributed by atoms with E-state index in [9.17, 15) is 0 Å². The molecule has 0 saturated heterocycles. The number of nitrogens with zero attached hydrogens (tertiary/aromatic N) is 5. The van der Waals surface area contributed by atoms with Gasteiger partial charge in [0.1, 0.15) is 17.3 Å². The Balaban J connectivity index is 1.12. The van der Waals surface area contributed by atoms with Crippen molar-refractivity contribution in [2.24, 2.45) is 0 Å². The topological polar surface area (TPSA) is 49.8 Å². The Morgan fingerprint density at radius 3 is 2.00 bits per heavy atom. The second-order valence-electron chi connectivity index (χ2n) is 12.9. The first-order chi connectivity index (χ1) is 24.6. The van der Waals surface area contributed by atoms with Gasteiger partial charge in [-0.1, -0.05) is 78.9 Å². The molecule has 50 heavy (non-hydrogen) atoms. The van der Waals surface area contributed by atoms with E-state index in [0.29, 0.717) is 0 Å². The monoisotopic (exact) mass is 645 g/mol. The molecule has 0 atom stereocenters. The minimum absolute atomic E-state index is 0.737. The molecule has 6 nitrogen and oxygen atoms in total. The molecule has 0 aliphatic rings. The van der Waals surface area contributed by atoms with Crippen LogP contribution in [0.25, 0.3) is 71.7 Å². The number of rotatable bonds is 5. The van der Waals surface area contributed by atoms with Crippen LogP contribution in [-0.2, 0) is 0 Å². The van der Waals surface area contributed by atoms with E-state index in [1.807, 2.05) is 59.5 Å². The molecule has 6 heteroatoms. The van der Waals surface area contributed by atoms with Crippen molar-refractivity contribution in [2.75, 3.05) is 0 Å². The van der Waals surface area contributed by atoms with E-state index in [1.165, 1.54) is 32.9 Å². The number of fused-ring (bicyclic) bond motifs is 7. The van der Waals surface area contributed by atoms with Crippen LogP contribution in [0.5, 0.6) is 11.5 Å². The summed E-state index contributed by atoms with van der Waals surface area (Å²) in [5.41, 5.74) is 10.1. The zero-order valence-electron chi connectivity index (χ0n) is 27.6. The van der Waals surface area contributed by atoms with Crippen molar-refractivity contribution in [3.63, 3.8) is 0 Å². The maximum Gasteiger partial charge on any atom is 0.139 e. The Bertz CT molecular complexity index is 2890. The molecule has 238 valence electrons. The third-order valence-electron chi connectivity index (χ3n) is 9.85. The molecular formula is C44H31N5O. The normalized spacial score (nSPS) is 11.8. The summed E-state index contributed by atoms with van der Waals surface area (Å²) in [7, 11) is 0. The lowest BCUT2D eigenvalue weighted by Crippen LogP contribution is -2.02. The molecule has 0 unspecified atom stereocenters. The van der Waals surface area contributed by atoms with Crippen molar-refractivity contribution in [3.05, 3.63) is 163 Å². The van der Waals surface area contributed by atoms with Crippen LogP contribution in [-0.4, -0.2) is 23.9 Å². The molecule has 10 rings (SSSR count). The highest BCUT2D eigenvalue weighted by Crippen LogP contribution is 2.38. The van der Waals surface area contributed by atoms with E-state index in [2.05, 4.69) is 125 Å². The van der Waals surface area contributed by atoms with E-state index in [1.54, 1.807) is 0 Å². The Labute approximate surface area is 288 Å². The minimum atomic E-state index is 0.737. The van der Waals surface area contributed by atoms with Crippen LogP contribution in [0.15, 0.2) is 152 Å². The van der Waals surface area contributed by atoms with Crippen LogP contribution < -0.4 is 4.74 Å². The predicted molar refractivity (Wildman–Crippen MR) is 204 cm³/mol. The van der Waals surface area contributed by atoms with Gasteiger partial charge in [-0.2, -0.15) is 5.10 Å². The number of hydrogen-bond donors (Lipinski definition) is 0. The zero-order valence-corrected chi connectivity index (χ0v) is 27.6. The lowest BCUT2D eigenvalue weighted by atomic mass is 10.1. The van der Waals surface area contributed by atoms with Gasteiger partial charge < -0.3 is 9.30 Å². The molecule has 0 amide bonds. The highest BCUT2D eigenvalue weighted by molar-refractivity contribution is 6.12. The Hall–Kier alpha value is -6.66. The third-order valence-corrected chi connectivity index (χ3v) is 9.85. The van der Waals surface area contributed by atoms with Gasteiger partial charge in [0, 0.05) is 51.3 Å². The third kappa shape index (κ3) is 4.28. The SMILES string of the molecule is Cc1cccc2c3cccc(C)c3n(-c3ccnc(-n4c5ccccc5c5ccc(Oc6cccc(-n7ncc8ccccc87)c6)cc54)c3)c12. The summed E-state index contributed by atoms with van der Waals surface area (Å²) in [6.07, 6.45) is 3.81. The fourth-order valence-corrected chi connectivity index (χ4v) is 7.64. The molecule has 0 bridgehead atoms. The fraction of sp³-hybridized carbons (Fsp3) is 0.0455. The van der Waals surface area contributed by atoms with Gasteiger partial charge in [-0.3, -0.25) is 4.57 Å². The molecule has 0 aliphatic carbocycles. The van der Waals surface area contributed by atoms with Crippen molar-refractivity contribution in [3.8, 4) is 28.7 Å². The number of aromatic nitrogens is 5. The number of hydrogen-bond acceptors (Lipinski definition) is 3. The summed E-state index contributed by atoms with van der Waals surface area (Å²) in [6.45, 7) is 4.38. The molecule has 4 aromatic heterocycles. The molecule has 0 spiro atoms. The van der Waals surface area contributed by atoms with E-state index < -0.39 is 0 Å². The van der Waals surface area contributed by atoms with E-state index in [0.717, 1.165) is 61.4 Å². The first-order valence-electron chi connectivity index (χ1n) is 16.8. The predicted octanol–water partition coefficient (Wildman–Crippen LogP) is 11.0. The van der Waals surface area contributed by atoms with Crippen LogP contribution in [0.1, 0.15) is 11.1 Å². The standard InChI is InChI=1S/C44H31N5O/c1-28-10-7-16-37-38-17-8-11-29(2)44(38)47(43(28)37)31-22-23-45-42(25-31)48-40-19-6-4-15-35(40)36-21-20-34(26-41(36)48)50-33-14-9-13-32(24-33)49-39-18-5-3-12-30(39)27-46-49/h3-27H,1-2H3. The van der Waals surface area contributed by atoms with Gasteiger partial charge in [0.2, 0.25) is 0 Å². The van der Waals surface area contributed by atoms with E-state index >= 15 is 0 Å². The van der Waals surface area contributed by atoms with Crippen molar-refractivity contribution < 1.29 is 4.74 Å². The quantitative estimate of drug-likeness (QED) is 0.187. The zero-order chi connectivity index (χ0) is 33.3. The van der Waals surface area contributed by atoms with Crippen LogP contribution in [0.3, 0.4) is 0 Å². The first kappa shape index (κ1) is 28.4.